The van der Waals surface area contributed by atoms with Gasteiger partial charge in [0, 0.05) is 23.6 Å². The minimum absolute atomic E-state index is 0.188. The number of fused-ring (bicyclic) bond motifs is 1. The fourth-order valence-electron chi connectivity index (χ4n) is 2.97. The van der Waals surface area contributed by atoms with Crippen molar-refractivity contribution in [2.75, 3.05) is 13.6 Å². The van der Waals surface area contributed by atoms with Crippen LogP contribution >= 0.6 is 0 Å². The van der Waals surface area contributed by atoms with Crippen LogP contribution in [0.1, 0.15) is 11.6 Å². The third-order valence-electron chi connectivity index (χ3n) is 3.97. The molecule has 0 saturated heterocycles. The van der Waals surface area contributed by atoms with Crippen molar-refractivity contribution in [3.8, 4) is 5.75 Å². The van der Waals surface area contributed by atoms with Crippen molar-refractivity contribution in [2.45, 2.75) is 12.1 Å². The van der Waals surface area contributed by atoms with Crippen LogP contribution in [0.15, 0.2) is 54.7 Å². The Hall–Kier alpha value is -2.37. The molecule has 1 aromatic heterocycles. The van der Waals surface area contributed by atoms with Crippen LogP contribution in [0.5, 0.6) is 5.75 Å². The van der Waals surface area contributed by atoms with E-state index in [1.54, 1.807) is 37.4 Å². The number of nitrogens with zero attached hydrogens (tertiary/aromatic N) is 1. The van der Waals surface area contributed by atoms with Crippen molar-refractivity contribution in [3.05, 3.63) is 66.1 Å². The molecule has 0 aliphatic rings. The number of nitrogens with one attached hydrogen (secondary N) is 1. The Morgan fingerprint density at radius 2 is 2.00 bits per heavy atom. The van der Waals surface area contributed by atoms with E-state index in [9.17, 15) is 14.6 Å². The van der Waals surface area contributed by atoms with E-state index in [0.717, 1.165) is 10.9 Å². The maximum Gasteiger partial charge on any atom is 0.123 e. The molecule has 3 N–H and O–H groups in total. The molecule has 0 spiro atoms. The first-order chi connectivity index (χ1) is 11.1. The molecule has 0 amide bonds. The zero-order chi connectivity index (χ0) is 16.4. The molecule has 0 saturated carbocycles. The first-order valence-corrected chi connectivity index (χ1v) is 7.48. The van der Waals surface area contributed by atoms with E-state index < -0.39 is 12.1 Å². The maximum atomic E-state index is 13.6. The van der Waals surface area contributed by atoms with Crippen molar-refractivity contribution in [2.24, 2.45) is 0 Å². The van der Waals surface area contributed by atoms with Crippen molar-refractivity contribution in [1.82, 2.24) is 9.88 Å². The van der Waals surface area contributed by atoms with E-state index in [2.05, 4.69) is 5.32 Å². The van der Waals surface area contributed by atoms with Crippen LogP contribution in [-0.2, 0) is 0 Å². The second-order valence-electron chi connectivity index (χ2n) is 5.59. The van der Waals surface area contributed by atoms with Gasteiger partial charge in [0.05, 0.1) is 12.1 Å². The summed E-state index contributed by atoms with van der Waals surface area (Å²) in [4.78, 5) is 0. The Morgan fingerprint density at radius 3 is 2.74 bits per heavy atom. The lowest BCUT2D eigenvalue weighted by Crippen LogP contribution is -2.33. The van der Waals surface area contributed by atoms with Gasteiger partial charge in [-0.15, -0.1) is 0 Å². The smallest absolute Gasteiger partial charge is 0.123 e. The maximum absolute atomic E-state index is 13.6. The lowest BCUT2D eigenvalue weighted by molar-refractivity contribution is 0.132. The summed E-state index contributed by atoms with van der Waals surface area (Å²) < 4.78 is 15.6. The van der Waals surface area contributed by atoms with Crippen LogP contribution in [0.4, 0.5) is 4.39 Å². The molecule has 2 atom stereocenters. The average Bonchev–Trinajstić information content (AvgIpc) is 2.91. The van der Waals surface area contributed by atoms with Gasteiger partial charge < -0.3 is 20.1 Å². The number of aromatic hydroxyl groups is 1. The fraction of sp³-hybridized carbons (Fsp3) is 0.222. The van der Waals surface area contributed by atoms with Gasteiger partial charge in [-0.3, -0.25) is 0 Å². The van der Waals surface area contributed by atoms with Crippen LogP contribution in [0.3, 0.4) is 0 Å². The van der Waals surface area contributed by atoms with Crippen LogP contribution < -0.4 is 5.32 Å². The summed E-state index contributed by atoms with van der Waals surface area (Å²) in [6.45, 7) is 0.374. The summed E-state index contributed by atoms with van der Waals surface area (Å²) in [5.41, 5.74) is 1.56. The van der Waals surface area contributed by atoms with Crippen molar-refractivity contribution in [3.63, 3.8) is 0 Å². The molecule has 4 nitrogen and oxygen atoms in total. The monoisotopic (exact) mass is 314 g/mol. The summed E-state index contributed by atoms with van der Waals surface area (Å²) >= 11 is 0. The second kappa shape index (κ2) is 6.40. The highest BCUT2D eigenvalue weighted by Gasteiger charge is 2.24. The molecular weight excluding hydrogens is 295 g/mol. The summed E-state index contributed by atoms with van der Waals surface area (Å²) in [5, 5.41) is 24.0. The van der Waals surface area contributed by atoms with Gasteiger partial charge in [0.1, 0.15) is 11.6 Å². The number of likely N-dealkylation sites (N-methyl/N-ethyl adjacent to an activating group) is 1. The molecule has 23 heavy (non-hydrogen) atoms. The van der Waals surface area contributed by atoms with Gasteiger partial charge in [-0.1, -0.05) is 12.1 Å². The molecule has 3 aromatic rings. The number of phenols is 1. The van der Waals surface area contributed by atoms with Crippen LogP contribution in [0.2, 0.25) is 0 Å². The second-order valence-corrected chi connectivity index (χ2v) is 5.59. The van der Waals surface area contributed by atoms with E-state index >= 15 is 0 Å². The molecule has 0 unspecified atom stereocenters. The van der Waals surface area contributed by atoms with Gasteiger partial charge >= 0.3 is 0 Å². The number of hydrogen-bond donors (Lipinski definition) is 3. The van der Waals surface area contributed by atoms with Gasteiger partial charge in [0.2, 0.25) is 0 Å². The Labute approximate surface area is 133 Å². The Morgan fingerprint density at radius 1 is 1.17 bits per heavy atom. The van der Waals surface area contributed by atoms with Crippen molar-refractivity contribution < 1.29 is 14.6 Å². The highest BCUT2D eigenvalue weighted by Crippen LogP contribution is 2.29. The van der Waals surface area contributed by atoms with Crippen molar-refractivity contribution in [1.29, 1.82) is 0 Å². The van der Waals surface area contributed by atoms with Crippen LogP contribution in [0, 0.1) is 5.82 Å². The molecule has 0 aliphatic carbocycles. The average molecular weight is 314 g/mol. The Kier molecular flexibility index (Phi) is 4.32. The summed E-state index contributed by atoms with van der Waals surface area (Å²) in [6, 6.07) is 12.8. The van der Waals surface area contributed by atoms with E-state index in [1.165, 1.54) is 12.1 Å². The van der Waals surface area contributed by atoms with E-state index in [-0.39, 0.29) is 11.6 Å². The highest BCUT2D eigenvalue weighted by molar-refractivity contribution is 5.82. The first kappa shape index (κ1) is 15.5. The number of halogens is 1. The number of hydrogen-bond acceptors (Lipinski definition) is 3. The minimum Gasteiger partial charge on any atom is -0.508 e. The zero-order valence-electron chi connectivity index (χ0n) is 12.8. The Balaban J connectivity index is 2.13. The van der Waals surface area contributed by atoms with E-state index in [1.807, 2.05) is 16.8 Å². The zero-order valence-corrected chi connectivity index (χ0v) is 12.8. The number of aromatic nitrogens is 1. The van der Waals surface area contributed by atoms with Gasteiger partial charge in [-0.2, -0.15) is 0 Å². The summed E-state index contributed by atoms with van der Waals surface area (Å²) in [6.07, 6.45) is 1.12. The van der Waals surface area contributed by atoms with E-state index in [0.29, 0.717) is 12.1 Å². The molecule has 0 fully saturated rings. The normalized spacial score (nSPS) is 14.0. The molecule has 3 rings (SSSR count). The van der Waals surface area contributed by atoms with Crippen LogP contribution in [-0.4, -0.2) is 34.5 Å². The lowest BCUT2D eigenvalue weighted by atomic mass is 10.0. The number of rotatable bonds is 5. The standard InChI is InChI=1S/C18H19FN2O2/c1-20-11-17(23)18(13-3-2-4-14(19)9-13)21-8-7-12-10-15(22)5-6-16(12)21/h2-10,17-18,20,22-23H,11H2,1H3/t17-,18-/m0/s1. The largest absolute Gasteiger partial charge is 0.508 e. The SMILES string of the molecule is CNC[C@H](O)[C@H](c1cccc(F)c1)n1ccc2cc(O)ccc21. The van der Waals surface area contributed by atoms with Gasteiger partial charge in [0.15, 0.2) is 0 Å². The van der Waals surface area contributed by atoms with Gasteiger partial charge in [-0.25, -0.2) is 4.39 Å². The lowest BCUT2D eigenvalue weighted by Gasteiger charge is -2.26. The molecule has 1 heterocycles. The van der Waals surface area contributed by atoms with Crippen LogP contribution in [0.25, 0.3) is 10.9 Å². The fourth-order valence-corrected chi connectivity index (χ4v) is 2.97. The predicted molar refractivity (Wildman–Crippen MR) is 88.1 cm³/mol. The summed E-state index contributed by atoms with van der Waals surface area (Å²) in [7, 11) is 1.76. The third kappa shape index (κ3) is 3.06. The molecule has 0 aliphatic heterocycles. The number of phenolic OH excluding ortho intramolecular Hbond substituents is 1. The quantitative estimate of drug-likeness (QED) is 0.678. The number of aliphatic hydroxyl groups is 1. The molecule has 0 bridgehead atoms. The topological polar surface area (TPSA) is 57.4 Å². The first-order valence-electron chi connectivity index (χ1n) is 7.48. The highest BCUT2D eigenvalue weighted by atomic mass is 19.1. The van der Waals surface area contributed by atoms with Gasteiger partial charge in [-0.05, 0) is 49.0 Å². The molecule has 0 radical (unpaired) electrons. The molecule has 2 aromatic carbocycles. The third-order valence-corrected chi connectivity index (χ3v) is 3.97. The summed E-state index contributed by atoms with van der Waals surface area (Å²) in [5.74, 6) is -0.147. The molecule has 120 valence electrons. The predicted octanol–water partition coefficient (Wildman–Crippen LogP) is 2.66. The molecule has 5 heteroatoms. The Bertz CT molecular complexity index is 816. The minimum atomic E-state index is -0.730. The molecular formula is C18H19FN2O2. The number of benzene rings is 2. The van der Waals surface area contributed by atoms with Crippen molar-refractivity contribution >= 4 is 10.9 Å². The number of aliphatic hydroxyl groups excluding tert-OH is 1. The van der Waals surface area contributed by atoms with E-state index in [4.69, 9.17) is 0 Å². The van der Waals surface area contributed by atoms with Gasteiger partial charge in [0.25, 0.3) is 0 Å².